The summed E-state index contributed by atoms with van der Waals surface area (Å²) in [4.78, 5) is 19.6. The summed E-state index contributed by atoms with van der Waals surface area (Å²) in [5.41, 5.74) is 4.13. The van der Waals surface area contributed by atoms with E-state index in [2.05, 4.69) is 9.97 Å². The summed E-state index contributed by atoms with van der Waals surface area (Å²) < 4.78 is 0. The van der Waals surface area contributed by atoms with Crippen molar-refractivity contribution in [2.24, 2.45) is 0 Å². The maximum atomic E-state index is 10.9. The number of nitrogens with zero attached hydrogens (tertiary/aromatic N) is 2. The van der Waals surface area contributed by atoms with Gasteiger partial charge in [0, 0.05) is 25.1 Å². The van der Waals surface area contributed by atoms with E-state index < -0.39 is 0 Å². The Balaban J connectivity index is -0.0000000741. The molecule has 0 aliphatic rings. The molecule has 2 aromatic heterocycles. The van der Waals surface area contributed by atoms with Crippen LogP contribution in [0.3, 0.4) is 0 Å². The van der Waals surface area contributed by atoms with Gasteiger partial charge in [-0.05, 0) is 48.7 Å². The second-order valence-electron chi connectivity index (χ2n) is 4.36. The van der Waals surface area contributed by atoms with Gasteiger partial charge in [-0.25, -0.2) is 0 Å². The zero-order chi connectivity index (χ0) is 13.7. The molecule has 0 aliphatic heterocycles. The monoisotopic (exact) mass is 502 g/mol. The van der Waals surface area contributed by atoms with Crippen LogP contribution in [0, 0.1) is 6.92 Å². The summed E-state index contributed by atoms with van der Waals surface area (Å²) in [5.74, 6) is 0.806. The van der Waals surface area contributed by atoms with Gasteiger partial charge in [0.2, 0.25) is 0 Å². The first-order valence-electron chi connectivity index (χ1n) is 6.16. The number of rotatable bonds is 4. The number of carbonyl (C=O) groups excluding carboxylic acids is 1. The van der Waals surface area contributed by atoms with Gasteiger partial charge in [-0.1, -0.05) is 26.6 Å². The Morgan fingerprint density at radius 3 is 1.82 bits per heavy atom. The minimum absolute atomic E-state index is 0. The first kappa shape index (κ1) is 50.4. The third-order valence-electron chi connectivity index (χ3n) is 2.70. The minimum atomic E-state index is 0. The number of hydrogen-bond donors (Lipinski definition) is 0. The summed E-state index contributed by atoms with van der Waals surface area (Å²) >= 11 is 1.36. The van der Waals surface area contributed by atoms with Crippen LogP contribution >= 0.6 is 11.8 Å². The summed E-state index contributed by atoms with van der Waals surface area (Å²) in [6.07, 6.45) is 4.46. The van der Waals surface area contributed by atoms with Gasteiger partial charge < -0.3 is 36.9 Å². The van der Waals surface area contributed by atoms with E-state index in [0.717, 1.165) is 23.6 Å². The van der Waals surface area contributed by atoms with Crippen molar-refractivity contribution in [3.05, 3.63) is 84.7 Å². The van der Waals surface area contributed by atoms with Crippen molar-refractivity contribution in [3.8, 4) is 11.4 Å². The van der Waals surface area contributed by atoms with Crippen LogP contribution in [0.2, 0.25) is 0 Å². The molecule has 12 N–H and O–H groups in total. The fourth-order valence-corrected chi connectivity index (χ4v) is 2.38. The van der Waals surface area contributed by atoms with Gasteiger partial charge in [0.25, 0.3) is 0 Å². The number of aryl methyl sites for hydroxylation is 2. The SMILES string of the molecule is C.C.CC(=O)SCCc1ccnc(-c2cc(C)ccn2)c1.[NH2-].[NH2-].[NH2-].[NH2-].[NH2-].[NH2-].[Ru+6]. The summed E-state index contributed by atoms with van der Waals surface area (Å²) in [6, 6.07) is 8.02. The van der Waals surface area contributed by atoms with Crippen molar-refractivity contribution < 1.29 is 24.3 Å². The topological polar surface area (TPSA) is 244 Å². The fourth-order valence-electron chi connectivity index (χ4n) is 1.76. The normalized spacial score (nSPS) is 7.07. The molecule has 0 amide bonds. The second-order valence-corrected chi connectivity index (χ2v) is 5.63. The van der Waals surface area contributed by atoms with E-state index in [4.69, 9.17) is 0 Å². The molecule has 0 spiro atoms. The van der Waals surface area contributed by atoms with Gasteiger partial charge in [-0.2, -0.15) is 0 Å². The summed E-state index contributed by atoms with van der Waals surface area (Å²) in [6.45, 7) is 3.64. The third kappa shape index (κ3) is 16.8. The Labute approximate surface area is 187 Å². The summed E-state index contributed by atoms with van der Waals surface area (Å²) in [5, 5.41) is 0.162. The molecule has 164 valence electrons. The molecule has 0 aromatic carbocycles. The molecular weight excluding hydrogens is 465 g/mol. The zero-order valence-corrected chi connectivity index (χ0v) is 17.5. The van der Waals surface area contributed by atoms with Gasteiger partial charge in [-0.3, -0.25) is 14.8 Å². The van der Waals surface area contributed by atoms with Gasteiger partial charge in [0.05, 0.1) is 11.4 Å². The number of carbonyl (C=O) groups is 1. The second kappa shape index (κ2) is 25.7. The third-order valence-corrected chi connectivity index (χ3v) is 3.51. The molecule has 0 bridgehead atoms. The maximum Gasteiger partial charge on any atom is 6.00 e. The van der Waals surface area contributed by atoms with Crippen molar-refractivity contribution >= 4 is 16.9 Å². The van der Waals surface area contributed by atoms with Crippen LogP contribution in [0.5, 0.6) is 0 Å². The molecule has 0 radical (unpaired) electrons. The Morgan fingerprint density at radius 1 is 0.893 bits per heavy atom. The van der Waals surface area contributed by atoms with Gasteiger partial charge in [0.1, 0.15) is 0 Å². The van der Waals surface area contributed by atoms with Gasteiger partial charge in [0.15, 0.2) is 5.12 Å². The first-order chi connectivity index (χ1) is 9.15. The molecule has 9 nitrogen and oxygen atoms in total. The minimum Gasteiger partial charge on any atom is -0.693 e. The van der Waals surface area contributed by atoms with E-state index in [1.165, 1.54) is 22.9 Å². The Kier molecular flexibility index (Phi) is 46.3. The fraction of sp³-hybridized carbons (Fsp3) is 0.353. The Hall–Kier alpha value is -1.30. The van der Waals surface area contributed by atoms with E-state index in [1.54, 1.807) is 19.3 Å². The van der Waals surface area contributed by atoms with Gasteiger partial charge >= 0.3 is 19.5 Å². The van der Waals surface area contributed by atoms with E-state index in [-0.39, 0.29) is 76.3 Å². The van der Waals surface area contributed by atoms with E-state index in [0.29, 0.717) is 0 Å². The first-order valence-corrected chi connectivity index (χ1v) is 7.15. The smallest absolute Gasteiger partial charge is 0.693 e. The Bertz CT molecular complexity index is 605. The van der Waals surface area contributed by atoms with E-state index in [1.807, 2.05) is 31.2 Å². The van der Waals surface area contributed by atoms with Crippen molar-refractivity contribution in [1.29, 1.82) is 0 Å². The van der Waals surface area contributed by atoms with Crippen LogP contribution in [0.15, 0.2) is 36.7 Å². The molecule has 11 heteroatoms. The number of pyridine rings is 2. The van der Waals surface area contributed by atoms with Crippen LogP contribution in [-0.4, -0.2) is 20.8 Å². The van der Waals surface area contributed by atoms with E-state index >= 15 is 0 Å². The average Bonchev–Trinajstić information content (AvgIpc) is 2.39. The molecule has 0 saturated carbocycles. The number of aromatic nitrogens is 2. The Morgan fingerprint density at radius 2 is 1.36 bits per heavy atom. The van der Waals surface area contributed by atoms with Crippen LogP contribution in [0.1, 0.15) is 32.9 Å². The molecule has 0 atom stereocenters. The molecule has 28 heavy (non-hydrogen) atoms. The van der Waals surface area contributed by atoms with Crippen molar-refractivity contribution in [2.45, 2.75) is 35.1 Å². The van der Waals surface area contributed by atoms with Crippen LogP contribution in [0.4, 0.5) is 0 Å². The molecule has 0 unspecified atom stereocenters. The molecule has 0 aliphatic carbocycles. The largest absolute Gasteiger partial charge is 6.00 e. The molecule has 2 rings (SSSR count). The number of thioether (sulfide) groups is 1. The quantitative estimate of drug-likeness (QED) is 0.372. The molecule has 2 heterocycles. The van der Waals surface area contributed by atoms with Crippen LogP contribution in [-0.2, 0) is 30.7 Å². The maximum absolute atomic E-state index is 10.9. The zero-order valence-electron chi connectivity index (χ0n) is 14.9. The predicted molar refractivity (Wildman–Crippen MR) is 124 cm³/mol. The molecular formula is C17H36N8ORuS. The number of hydrogen-bond acceptors (Lipinski definition) is 4. The van der Waals surface area contributed by atoms with E-state index in [9.17, 15) is 4.79 Å². The van der Waals surface area contributed by atoms with Crippen LogP contribution < -0.4 is 0 Å². The van der Waals surface area contributed by atoms with Crippen LogP contribution in [0.25, 0.3) is 48.3 Å². The average molecular weight is 502 g/mol. The molecule has 0 saturated heterocycles. The number of nitrogens with two attached hydrogens (primary N) is 6. The van der Waals surface area contributed by atoms with Gasteiger partial charge in [-0.15, -0.1) is 0 Å². The van der Waals surface area contributed by atoms with Crippen molar-refractivity contribution in [1.82, 2.24) is 9.97 Å². The standard InChI is InChI=1S/C15H16N2OS.2CH4.6H2N.Ru/c1-11-3-6-16-14(9-11)15-10-13(4-7-17-15)5-8-19-12(2)18;;;;;;;;;/h3-4,6-7,9-10H,5,8H2,1-2H3;2*1H4;6*1H2;/q;;;6*-1;+6. The molecule has 2 aromatic rings. The summed E-state index contributed by atoms with van der Waals surface area (Å²) in [7, 11) is 0. The van der Waals surface area contributed by atoms with Crippen molar-refractivity contribution in [3.63, 3.8) is 0 Å². The predicted octanol–water partition coefficient (Wildman–Crippen LogP) is 8.85. The molecule has 0 fully saturated rings. The van der Waals surface area contributed by atoms with Crippen molar-refractivity contribution in [2.75, 3.05) is 5.75 Å².